The molecule has 2 unspecified atom stereocenters. The monoisotopic (exact) mass is 371 g/mol. The molecule has 116 valence electrons. The fraction of sp³-hybridized carbons (Fsp3) is 0.625. The minimum Gasteiger partial charge on any atom is -0.347 e. The zero-order chi connectivity index (χ0) is 14.7. The second-order valence-corrected chi connectivity index (χ2v) is 7.85. The summed E-state index contributed by atoms with van der Waals surface area (Å²) in [6.07, 6.45) is 3.08. The molecule has 5 heteroatoms. The van der Waals surface area contributed by atoms with Gasteiger partial charge in [0, 0.05) is 33.5 Å². The van der Waals surface area contributed by atoms with Crippen LogP contribution in [0.15, 0.2) is 33.6 Å². The molecule has 0 radical (unpaired) electrons. The van der Waals surface area contributed by atoms with Crippen molar-refractivity contribution < 1.29 is 9.47 Å². The van der Waals surface area contributed by atoms with E-state index in [9.17, 15) is 0 Å². The number of halogens is 1. The molecule has 1 heterocycles. The summed E-state index contributed by atoms with van der Waals surface area (Å²) in [7, 11) is 0. The molecule has 2 fully saturated rings. The maximum Gasteiger partial charge on any atom is 0.169 e. The highest BCUT2D eigenvalue weighted by molar-refractivity contribution is 9.10. The Bertz CT molecular complexity index is 462. The van der Waals surface area contributed by atoms with Crippen LogP contribution in [0.3, 0.4) is 0 Å². The number of benzene rings is 1. The third kappa shape index (κ3) is 3.82. The lowest BCUT2D eigenvalue weighted by Crippen LogP contribution is -2.49. The summed E-state index contributed by atoms with van der Waals surface area (Å²) in [5.74, 6) is -0.320. The third-order valence-corrected chi connectivity index (χ3v) is 6.05. The molecule has 0 bridgehead atoms. The summed E-state index contributed by atoms with van der Waals surface area (Å²) in [6.45, 7) is 4.66. The quantitative estimate of drug-likeness (QED) is 0.871. The molecule has 1 aromatic rings. The van der Waals surface area contributed by atoms with Gasteiger partial charge in [-0.25, -0.2) is 0 Å². The van der Waals surface area contributed by atoms with E-state index in [0.29, 0.717) is 11.3 Å². The van der Waals surface area contributed by atoms with Crippen LogP contribution < -0.4 is 5.32 Å². The van der Waals surface area contributed by atoms with Gasteiger partial charge in [-0.15, -0.1) is 11.8 Å². The third-order valence-electron chi connectivity index (χ3n) is 4.18. The number of nitrogens with one attached hydrogen (secondary N) is 1. The number of thioether (sulfide) groups is 1. The van der Waals surface area contributed by atoms with E-state index in [1.165, 1.54) is 4.90 Å². The van der Waals surface area contributed by atoms with E-state index in [4.69, 9.17) is 9.47 Å². The van der Waals surface area contributed by atoms with E-state index < -0.39 is 0 Å². The molecule has 0 amide bonds. The summed E-state index contributed by atoms with van der Waals surface area (Å²) >= 11 is 5.43. The molecule has 1 N–H and O–H groups in total. The van der Waals surface area contributed by atoms with E-state index in [1.54, 1.807) is 0 Å². The molecule has 1 saturated carbocycles. The van der Waals surface area contributed by atoms with Crippen LogP contribution in [-0.4, -0.2) is 36.8 Å². The molecule has 0 aromatic heterocycles. The van der Waals surface area contributed by atoms with Crippen molar-refractivity contribution >= 4 is 27.7 Å². The van der Waals surface area contributed by atoms with Crippen molar-refractivity contribution in [2.24, 2.45) is 0 Å². The van der Waals surface area contributed by atoms with Crippen LogP contribution >= 0.6 is 27.7 Å². The van der Waals surface area contributed by atoms with Gasteiger partial charge in [0.15, 0.2) is 5.79 Å². The predicted octanol–water partition coefficient (Wildman–Crippen LogP) is 3.81. The first-order chi connectivity index (χ1) is 10.2. The molecule has 1 aliphatic carbocycles. The van der Waals surface area contributed by atoms with Gasteiger partial charge >= 0.3 is 0 Å². The Balaban J connectivity index is 1.72. The van der Waals surface area contributed by atoms with Crippen LogP contribution in [0.25, 0.3) is 0 Å². The normalized spacial score (nSPS) is 28.1. The van der Waals surface area contributed by atoms with Crippen LogP contribution in [-0.2, 0) is 9.47 Å². The lowest BCUT2D eigenvalue weighted by molar-refractivity contribution is -0.178. The summed E-state index contributed by atoms with van der Waals surface area (Å²) in [5.41, 5.74) is 0. The van der Waals surface area contributed by atoms with Gasteiger partial charge < -0.3 is 14.8 Å². The Kier molecular flexibility index (Phi) is 5.27. The van der Waals surface area contributed by atoms with Gasteiger partial charge in [-0.3, -0.25) is 0 Å². The van der Waals surface area contributed by atoms with E-state index in [1.807, 2.05) is 11.8 Å². The summed E-state index contributed by atoms with van der Waals surface area (Å²) in [6, 6.07) is 9.09. The van der Waals surface area contributed by atoms with Crippen LogP contribution in [0, 0.1) is 0 Å². The lowest BCUT2D eigenvalue weighted by Gasteiger charge is -2.41. The Labute approximate surface area is 139 Å². The van der Waals surface area contributed by atoms with E-state index in [2.05, 4.69) is 52.4 Å². The molecule has 1 spiro atoms. The first-order valence-corrected chi connectivity index (χ1v) is 9.31. The Hall–Kier alpha value is -0.0700. The van der Waals surface area contributed by atoms with Gasteiger partial charge in [-0.05, 0) is 37.2 Å². The maximum absolute atomic E-state index is 5.92. The van der Waals surface area contributed by atoms with Crippen LogP contribution in [0.5, 0.6) is 0 Å². The van der Waals surface area contributed by atoms with E-state index in [-0.39, 0.29) is 5.79 Å². The molecule has 1 aromatic carbocycles. The molecular formula is C16H22BrNO2S. The molecule has 21 heavy (non-hydrogen) atoms. The van der Waals surface area contributed by atoms with Crippen LogP contribution in [0.4, 0.5) is 0 Å². The molecule has 2 atom stereocenters. The highest BCUT2D eigenvalue weighted by Gasteiger charge is 2.45. The van der Waals surface area contributed by atoms with Crippen molar-refractivity contribution in [1.82, 2.24) is 5.32 Å². The predicted molar refractivity (Wildman–Crippen MR) is 89.7 cm³/mol. The Morgan fingerprint density at radius 2 is 2.00 bits per heavy atom. The highest BCUT2D eigenvalue weighted by atomic mass is 79.9. The first kappa shape index (κ1) is 15.8. The summed E-state index contributed by atoms with van der Waals surface area (Å²) in [5, 5.41) is 4.12. The lowest BCUT2D eigenvalue weighted by atomic mass is 9.89. The van der Waals surface area contributed by atoms with Gasteiger partial charge in [0.2, 0.25) is 0 Å². The van der Waals surface area contributed by atoms with Gasteiger partial charge in [0.05, 0.1) is 13.2 Å². The number of ether oxygens (including phenoxy) is 2. The van der Waals surface area contributed by atoms with Crippen molar-refractivity contribution in [3.05, 3.63) is 28.7 Å². The molecule has 1 aliphatic heterocycles. The molecule has 1 saturated heterocycles. The van der Waals surface area contributed by atoms with E-state index >= 15 is 0 Å². The zero-order valence-electron chi connectivity index (χ0n) is 12.3. The average Bonchev–Trinajstić information content (AvgIpc) is 2.93. The second kappa shape index (κ2) is 7.01. The standard InChI is InChI=1S/C16H22BrNO2S/c1-2-18-14-7-8-16(19-9-10-20-16)11-15(14)21-13-5-3-12(17)4-6-13/h3-6,14-15,18H,2,7-11H2,1H3. The minimum atomic E-state index is -0.320. The summed E-state index contributed by atoms with van der Waals surface area (Å²) < 4.78 is 13.0. The van der Waals surface area contributed by atoms with Crippen LogP contribution in [0.1, 0.15) is 26.2 Å². The first-order valence-electron chi connectivity index (χ1n) is 7.64. The van der Waals surface area contributed by atoms with Gasteiger partial charge in [0.1, 0.15) is 0 Å². The average molecular weight is 372 g/mol. The van der Waals surface area contributed by atoms with Gasteiger partial charge in [0.25, 0.3) is 0 Å². The van der Waals surface area contributed by atoms with Crippen LogP contribution in [0.2, 0.25) is 0 Å². The second-order valence-electron chi connectivity index (χ2n) is 5.62. The van der Waals surface area contributed by atoms with Crippen molar-refractivity contribution in [3.8, 4) is 0 Å². The summed E-state index contributed by atoms with van der Waals surface area (Å²) in [4.78, 5) is 1.31. The minimum absolute atomic E-state index is 0.320. The van der Waals surface area contributed by atoms with Crippen molar-refractivity contribution in [1.29, 1.82) is 0 Å². The van der Waals surface area contributed by atoms with Crippen molar-refractivity contribution in [3.63, 3.8) is 0 Å². The highest BCUT2D eigenvalue weighted by Crippen LogP contribution is 2.42. The molecule has 2 aliphatic rings. The number of hydrogen-bond acceptors (Lipinski definition) is 4. The Morgan fingerprint density at radius 3 is 2.67 bits per heavy atom. The topological polar surface area (TPSA) is 30.5 Å². The van der Waals surface area contributed by atoms with E-state index in [0.717, 1.165) is 43.5 Å². The SMILES string of the molecule is CCNC1CCC2(CC1Sc1ccc(Br)cc1)OCCO2. The number of rotatable bonds is 4. The number of hydrogen-bond donors (Lipinski definition) is 1. The maximum atomic E-state index is 5.92. The van der Waals surface area contributed by atoms with Crippen molar-refractivity contribution in [2.75, 3.05) is 19.8 Å². The smallest absolute Gasteiger partial charge is 0.169 e. The Morgan fingerprint density at radius 1 is 1.29 bits per heavy atom. The fourth-order valence-electron chi connectivity index (χ4n) is 3.18. The zero-order valence-corrected chi connectivity index (χ0v) is 14.7. The molecule has 3 nitrogen and oxygen atoms in total. The van der Waals surface area contributed by atoms with Crippen molar-refractivity contribution in [2.45, 2.75) is 48.2 Å². The van der Waals surface area contributed by atoms with Gasteiger partial charge in [-0.2, -0.15) is 0 Å². The largest absolute Gasteiger partial charge is 0.347 e. The van der Waals surface area contributed by atoms with Gasteiger partial charge in [-0.1, -0.05) is 22.9 Å². The molecular weight excluding hydrogens is 350 g/mol. The molecule has 3 rings (SSSR count). The fourth-order valence-corrected chi connectivity index (χ4v) is 4.82.